The van der Waals surface area contributed by atoms with Crippen LogP contribution in [0.2, 0.25) is 0 Å². The number of amides is 3. The molecule has 2 aliphatic rings. The van der Waals surface area contributed by atoms with E-state index in [9.17, 15) is 9.59 Å². The molecule has 3 amide bonds. The van der Waals surface area contributed by atoms with Gasteiger partial charge >= 0.3 is 6.03 Å². The van der Waals surface area contributed by atoms with Gasteiger partial charge in [0.2, 0.25) is 5.91 Å². The van der Waals surface area contributed by atoms with Crippen LogP contribution in [0, 0.1) is 0 Å². The number of hydrogen-bond donors (Lipinski definition) is 2. The number of aromatic nitrogens is 1. The predicted molar refractivity (Wildman–Crippen MR) is 90.3 cm³/mol. The fourth-order valence-electron chi connectivity index (χ4n) is 3.18. The van der Waals surface area contributed by atoms with Gasteiger partial charge in [-0.1, -0.05) is 6.07 Å². The lowest BCUT2D eigenvalue weighted by atomic mass is 10.1. The standard InChI is InChI=1S/C17H25N5O2/c23-16-15(5-1-2-7-19-16)20-17(24)22-10-8-21(9-11-22)13-14-4-3-6-18-12-14/h3-4,6,12,15H,1-2,5,7-11,13H2,(H,19,23)(H,20,24)/t15-/m1/s1. The number of pyridine rings is 1. The van der Waals surface area contributed by atoms with Gasteiger partial charge in [-0.25, -0.2) is 4.79 Å². The number of piperazine rings is 1. The Bertz CT molecular complexity index is 557. The van der Waals surface area contributed by atoms with Crippen LogP contribution in [-0.2, 0) is 11.3 Å². The first-order valence-electron chi connectivity index (χ1n) is 8.67. The van der Waals surface area contributed by atoms with Crippen molar-refractivity contribution in [1.82, 2.24) is 25.4 Å². The summed E-state index contributed by atoms with van der Waals surface area (Å²) in [6, 6.07) is 3.49. The maximum Gasteiger partial charge on any atom is 0.318 e. The van der Waals surface area contributed by atoms with Gasteiger partial charge in [-0.2, -0.15) is 0 Å². The molecule has 2 aliphatic heterocycles. The molecular weight excluding hydrogens is 306 g/mol. The normalized spacial score (nSPS) is 22.6. The maximum absolute atomic E-state index is 12.4. The Morgan fingerprint density at radius 3 is 2.88 bits per heavy atom. The molecule has 0 radical (unpaired) electrons. The summed E-state index contributed by atoms with van der Waals surface area (Å²) in [5.41, 5.74) is 1.19. The molecule has 3 rings (SSSR count). The van der Waals surface area contributed by atoms with Gasteiger partial charge in [-0.3, -0.25) is 14.7 Å². The average Bonchev–Trinajstić information content (AvgIpc) is 2.81. The van der Waals surface area contributed by atoms with Crippen LogP contribution < -0.4 is 10.6 Å². The topological polar surface area (TPSA) is 77.6 Å². The van der Waals surface area contributed by atoms with Gasteiger partial charge in [0.05, 0.1) is 0 Å². The smallest absolute Gasteiger partial charge is 0.318 e. The highest BCUT2D eigenvalue weighted by Crippen LogP contribution is 2.09. The molecule has 3 heterocycles. The van der Waals surface area contributed by atoms with Crippen LogP contribution in [0.5, 0.6) is 0 Å². The third-order valence-electron chi connectivity index (χ3n) is 4.62. The van der Waals surface area contributed by atoms with Crippen molar-refractivity contribution in [2.24, 2.45) is 0 Å². The lowest BCUT2D eigenvalue weighted by Gasteiger charge is -2.35. The first-order valence-corrected chi connectivity index (χ1v) is 8.67. The molecule has 0 aromatic carbocycles. The van der Waals surface area contributed by atoms with Crippen molar-refractivity contribution in [3.63, 3.8) is 0 Å². The van der Waals surface area contributed by atoms with Gasteiger partial charge in [0.1, 0.15) is 6.04 Å². The summed E-state index contributed by atoms with van der Waals surface area (Å²) >= 11 is 0. The fourth-order valence-corrected chi connectivity index (χ4v) is 3.18. The lowest BCUT2D eigenvalue weighted by Crippen LogP contribution is -2.55. The van der Waals surface area contributed by atoms with E-state index in [1.165, 1.54) is 5.56 Å². The zero-order valence-corrected chi connectivity index (χ0v) is 13.9. The van der Waals surface area contributed by atoms with Crippen molar-refractivity contribution in [3.05, 3.63) is 30.1 Å². The van der Waals surface area contributed by atoms with E-state index in [1.807, 2.05) is 12.3 Å². The second-order valence-corrected chi connectivity index (χ2v) is 6.41. The van der Waals surface area contributed by atoms with Crippen LogP contribution in [0.4, 0.5) is 4.79 Å². The molecule has 0 spiro atoms. The Hall–Kier alpha value is -2.15. The van der Waals surface area contributed by atoms with Crippen molar-refractivity contribution < 1.29 is 9.59 Å². The molecule has 0 saturated carbocycles. The zero-order chi connectivity index (χ0) is 16.8. The van der Waals surface area contributed by atoms with Crippen molar-refractivity contribution in [1.29, 1.82) is 0 Å². The van der Waals surface area contributed by atoms with Gasteiger partial charge < -0.3 is 15.5 Å². The molecule has 2 fully saturated rings. The van der Waals surface area contributed by atoms with Crippen molar-refractivity contribution in [2.45, 2.75) is 31.8 Å². The van der Waals surface area contributed by atoms with Crippen molar-refractivity contribution in [3.8, 4) is 0 Å². The number of rotatable bonds is 3. The van der Waals surface area contributed by atoms with Crippen LogP contribution >= 0.6 is 0 Å². The highest BCUT2D eigenvalue weighted by atomic mass is 16.2. The van der Waals surface area contributed by atoms with Gasteiger partial charge in [-0.05, 0) is 30.9 Å². The van der Waals surface area contributed by atoms with Crippen LogP contribution in [0.25, 0.3) is 0 Å². The summed E-state index contributed by atoms with van der Waals surface area (Å²) in [6.07, 6.45) is 6.31. The number of carbonyl (C=O) groups excluding carboxylic acids is 2. The van der Waals surface area contributed by atoms with Crippen LogP contribution in [0.3, 0.4) is 0 Å². The fraction of sp³-hybridized carbons (Fsp3) is 0.588. The molecule has 0 aliphatic carbocycles. The summed E-state index contributed by atoms with van der Waals surface area (Å²) < 4.78 is 0. The number of nitrogens with one attached hydrogen (secondary N) is 2. The minimum absolute atomic E-state index is 0.0592. The molecule has 1 aromatic heterocycles. The van der Waals surface area contributed by atoms with E-state index in [4.69, 9.17) is 0 Å². The number of carbonyl (C=O) groups is 2. The van der Waals surface area contributed by atoms with Gasteiger partial charge in [0, 0.05) is 51.7 Å². The second kappa shape index (κ2) is 8.10. The lowest BCUT2D eigenvalue weighted by molar-refractivity contribution is -0.122. The van der Waals surface area contributed by atoms with Crippen LogP contribution in [0.15, 0.2) is 24.5 Å². The second-order valence-electron chi connectivity index (χ2n) is 6.41. The molecule has 1 aromatic rings. The maximum atomic E-state index is 12.4. The number of hydrogen-bond acceptors (Lipinski definition) is 4. The summed E-state index contributed by atoms with van der Waals surface area (Å²) in [6.45, 7) is 4.59. The van der Waals surface area contributed by atoms with E-state index < -0.39 is 6.04 Å². The molecule has 24 heavy (non-hydrogen) atoms. The zero-order valence-electron chi connectivity index (χ0n) is 13.9. The van der Waals surface area contributed by atoms with Gasteiger partial charge in [-0.15, -0.1) is 0 Å². The molecule has 1 atom stereocenters. The van der Waals surface area contributed by atoms with Crippen LogP contribution in [0.1, 0.15) is 24.8 Å². The molecule has 2 saturated heterocycles. The Kier molecular flexibility index (Phi) is 5.63. The Balaban J connectivity index is 1.45. The predicted octanol–water partition coefficient (Wildman–Crippen LogP) is 0.578. The Labute approximate surface area is 142 Å². The summed E-state index contributed by atoms with van der Waals surface area (Å²) in [5.74, 6) is -0.0592. The average molecular weight is 331 g/mol. The van der Waals surface area contributed by atoms with Crippen LogP contribution in [-0.4, -0.2) is 65.5 Å². The first kappa shape index (κ1) is 16.7. The van der Waals surface area contributed by atoms with E-state index >= 15 is 0 Å². The molecule has 7 heteroatoms. The SMILES string of the molecule is O=C1NCCCC[C@H]1NC(=O)N1CCN(Cc2cccnc2)CC1. The quantitative estimate of drug-likeness (QED) is 0.849. The number of urea groups is 1. The van der Waals surface area contributed by atoms with E-state index in [0.717, 1.165) is 38.9 Å². The third-order valence-corrected chi connectivity index (χ3v) is 4.62. The van der Waals surface area contributed by atoms with E-state index in [2.05, 4.69) is 26.6 Å². The van der Waals surface area contributed by atoms with Gasteiger partial charge in [0.15, 0.2) is 0 Å². The highest BCUT2D eigenvalue weighted by Gasteiger charge is 2.26. The van der Waals surface area contributed by atoms with Crippen molar-refractivity contribution in [2.75, 3.05) is 32.7 Å². The Morgan fingerprint density at radius 1 is 1.29 bits per heavy atom. The summed E-state index contributed by atoms with van der Waals surface area (Å²) in [4.78, 5) is 32.6. The molecule has 0 unspecified atom stereocenters. The largest absolute Gasteiger partial charge is 0.354 e. The monoisotopic (exact) mass is 331 g/mol. The number of nitrogens with zero attached hydrogens (tertiary/aromatic N) is 3. The van der Waals surface area contributed by atoms with E-state index in [1.54, 1.807) is 11.1 Å². The first-order chi connectivity index (χ1) is 11.7. The Morgan fingerprint density at radius 2 is 2.12 bits per heavy atom. The molecular formula is C17H25N5O2. The molecule has 2 N–H and O–H groups in total. The van der Waals surface area contributed by atoms with Gasteiger partial charge in [0.25, 0.3) is 0 Å². The van der Waals surface area contributed by atoms with E-state index in [-0.39, 0.29) is 11.9 Å². The molecule has 130 valence electrons. The summed E-state index contributed by atoms with van der Waals surface area (Å²) in [7, 11) is 0. The summed E-state index contributed by atoms with van der Waals surface area (Å²) in [5, 5.41) is 5.74. The minimum Gasteiger partial charge on any atom is -0.354 e. The minimum atomic E-state index is -0.395. The van der Waals surface area contributed by atoms with E-state index in [0.29, 0.717) is 19.6 Å². The molecule has 7 nitrogen and oxygen atoms in total. The highest BCUT2D eigenvalue weighted by molar-refractivity contribution is 5.87. The third kappa shape index (κ3) is 4.44. The molecule has 0 bridgehead atoms. The van der Waals surface area contributed by atoms with Crippen molar-refractivity contribution >= 4 is 11.9 Å².